The summed E-state index contributed by atoms with van der Waals surface area (Å²) >= 11 is 0. The zero-order valence-corrected chi connectivity index (χ0v) is 5.60. The van der Waals surface area contributed by atoms with Gasteiger partial charge in [0.25, 0.3) is 0 Å². The molecule has 2 rings (SSSR count). The van der Waals surface area contributed by atoms with Gasteiger partial charge in [-0.1, -0.05) is 0 Å². The summed E-state index contributed by atoms with van der Waals surface area (Å²) < 4.78 is 0. The Morgan fingerprint density at radius 3 is 2.22 bits per heavy atom. The van der Waals surface area contributed by atoms with Crippen LogP contribution in [-0.4, -0.2) is 5.78 Å². The van der Waals surface area contributed by atoms with Crippen molar-refractivity contribution in [3.8, 4) is 0 Å². The molecule has 0 N–H and O–H groups in total. The highest BCUT2D eigenvalue weighted by Crippen LogP contribution is 2.47. The van der Waals surface area contributed by atoms with Gasteiger partial charge in [0, 0.05) is 12.8 Å². The van der Waals surface area contributed by atoms with Crippen LogP contribution < -0.4 is 0 Å². The van der Waals surface area contributed by atoms with Gasteiger partial charge in [-0.05, 0) is 31.1 Å². The average Bonchev–Trinajstić information content (AvgIpc) is 2.54. The zero-order valence-electron chi connectivity index (χ0n) is 5.60. The summed E-state index contributed by atoms with van der Waals surface area (Å²) in [5.74, 6) is 2.41. The summed E-state index contributed by atoms with van der Waals surface area (Å²) in [6.07, 6.45) is 5.57. The molecule has 0 aromatic heterocycles. The second kappa shape index (κ2) is 1.83. The fourth-order valence-corrected chi connectivity index (χ4v) is 1.84. The monoisotopic (exact) mass is 124 g/mol. The van der Waals surface area contributed by atoms with Gasteiger partial charge in [0.2, 0.25) is 0 Å². The van der Waals surface area contributed by atoms with Crippen molar-refractivity contribution in [3.63, 3.8) is 0 Å². The van der Waals surface area contributed by atoms with Gasteiger partial charge in [0.1, 0.15) is 5.78 Å². The number of ketones is 1. The number of carbonyl (C=O) groups excluding carboxylic acids is 1. The third-order valence-electron chi connectivity index (χ3n) is 2.66. The molecular formula is C8H12O. The summed E-state index contributed by atoms with van der Waals surface area (Å²) in [6, 6.07) is 0. The summed E-state index contributed by atoms with van der Waals surface area (Å²) in [5, 5.41) is 0. The van der Waals surface area contributed by atoms with Gasteiger partial charge in [-0.25, -0.2) is 0 Å². The molecule has 0 heterocycles. The molecule has 2 unspecified atom stereocenters. The quantitative estimate of drug-likeness (QED) is 0.481. The molecule has 2 atom stereocenters. The maximum absolute atomic E-state index is 10.8. The molecule has 2 aliphatic carbocycles. The Morgan fingerprint density at radius 2 is 1.67 bits per heavy atom. The molecule has 9 heavy (non-hydrogen) atoms. The Kier molecular flexibility index (Phi) is 1.11. The number of hydrogen-bond donors (Lipinski definition) is 0. The summed E-state index contributed by atoms with van der Waals surface area (Å²) in [6.45, 7) is 0. The van der Waals surface area contributed by atoms with Crippen LogP contribution >= 0.6 is 0 Å². The highest BCUT2D eigenvalue weighted by atomic mass is 16.1. The number of fused-ring (bicyclic) bond motifs is 1. The van der Waals surface area contributed by atoms with Crippen LogP contribution in [0.25, 0.3) is 0 Å². The van der Waals surface area contributed by atoms with Crippen molar-refractivity contribution < 1.29 is 4.79 Å². The molecule has 2 fully saturated rings. The van der Waals surface area contributed by atoms with E-state index < -0.39 is 0 Å². The van der Waals surface area contributed by atoms with E-state index in [1.165, 1.54) is 19.3 Å². The normalized spacial score (nSPS) is 41.6. The van der Waals surface area contributed by atoms with Crippen LogP contribution in [-0.2, 0) is 4.79 Å². The van der Waals surface area contributed by atoms with E-state index in [9.17, 15) is 4.79 Å². The van der Waals surface area contributed by atoms with Crippen LogP contribution in [0.2, 0.25) is 0 Å². The molecule has 2 saturated carbocycles. The predicted octanol–water partition coefficient (Wildman–Crippen LogP) is 1.77. The number of rotatable bonds is 0. The summed E-state index contributed by atoms with van der Waals surface area (Å²) in [7, 11) is 0. The van der Waals surface area contributed by atoms with Gasteiger partial charge >= 0.3 is 0 Å². The van der Waals surface area contributed by atoms with Crippen LogP contribution in [0.5, 0.6) is 0 Å². The van der Waals surface area contributed by atoms with Gasteiger partial charge in [-0.15, -0.1) is 0 Å². The number of Topliss-reactive ketones (excluding diaryl/α,β-unsaturated/α-hetero) is 1. The highest BCUT2D eigenvalue weighted by molar-refractivity contribution is 5.78. The standard InChI is InChI=1S/C8H12O/c9-8-3-1-6-5-7(6)2-4-8/h6-7H,1-5H2. The minimum atomic E-state index is 0.502. The van der Waals surface area contributed by atoms with Crippen molar-refractivity contribution in [1.82, 2.24) is 0 Å². The largest absolute Gasteiger partial charge is 0.300 e. The Balaban J connectivity index is 1.96. The fourth-order valence-electron chi connectivity index (χ4n) is 1.84. The van der Waals surface area contributed by atoms with E-state index in [4.69, 9.17) is 0 Å². The first-order valence-electron chi connectivity index (χ1n) is 3.88. The molecule has 0 bridgehead atoms. The van der Waals surface area contributed by atoms with E-state index in [-0.39, 0.29) is 0 Å². The Morgan fingerprint density at radius 1 is 1.11 bits per heavy atom. The number of carbonyl (C=O) groups is 1. The second-order valence-corrected chi connectivity index (χ2v) is 3.37. The summed E-state index contributed by atoms with van der Waals surface area (Å²) in [4.78, 5) is 10.8. The van der Waals surface area contributed by atoms with Crippen LogP contribution in [0.4, 0.5) is 0 Å². The highest BCUT2D eigenvalue weighted by Gasteiger charge is 2.38. The Hall–Kier alpha value is -0.330. The molecule has 0 amide bonds. The lowest BCUT2D eigenvalue weighted by atomic mass is 10.1. The molecule has 50 valence electrons. The first-order valence-corrected chi connectivity index (χ1v) is 3.88. The van der Waals surface area contributed by atoms with Gasteiger partial charge in [0.05, 0.1) is 0 Å². The van der Waals surface area contributed by atoms with E-state index in [0.29, 0.717) is 5.78 Å². The molecule has 0 spiro atoms. The molecule has 0 radical (unpaired) electrons. The predicted molar refractivity (Wildman–Crippen MR) is 35.1 cm³/mol. The van der Waals surface area contributed by atoms with Gasteiger partial charge in [-0.2, -0.15) is 0 Å². The lowest BCUT2D eigenvalue weighted by Crippen LogP contribution is -1.94. The van der Waals surface area contributed by atoms with Crippen molar-refractivity contribution in [3.05, 3.63) is 0 Å². The van der Waals surface area contributed by atoms with Crippen LogP contribution in [0.15, 0.2) is 0 Å². The maximum Gasteiger partial charge on any atom is 0.132 e. The van der Waals surface area contributed by atoms with Crippen molar-refractivity contribution in [1.29, 1.82) is 0 Å². The fraction of sp³-hybridized carbons (Fsp3) is 0.875. The number of hydrogen-bond acceptors (Lipinski definition) is 1. The van der Waals surface area contributed by atoms with Crippen LogP contribution in [0, 0.1) is 11.8 Å². The molecule has 0 aromatic rings. The average molecular weight is 124 g/mol. The van der Waals surface area contributed by atoms with E-state index in [2.05, 4.69) is 0 Å². The third-order valence-corrected chi connectivity index (χ3v) is 2.66. The smallest absolute Gasteiger partial charge is 0.132 e. The maximum atomic E-state index is 10.8. The van der Waals surface area contributed by atoms with Crippen molar-refractivity contribution in [2.24, 2.45) is 11.8 Å². The van der Waals surface area contributed by atoms with Crippen LogP contribution in [0.1, 0.15) is 32.1 Å². The molecule has 1 heteroatoms. The molecule has 0 aliphatic heterocycles. The van der Waals surface area contributed by atoms with E-state index in [1.54, 1.807) is 0 Å². The lowest BCUT2D eigenvalue weighted by molar-refractivity contribution is -0.119. The van der Waals surface area contributed by atoms with Crippen molar-refractivity contribution >= 4 is 5.78 Å². The molecule has 0 aromatic carbocycles. The van der Waals surface area contributed by atoms with E-state index >= 15 is 0 Å². The summed E-state index contributed by atoms with van der Waals surface area (Å²) in [5.41, 5.74) is 0. The minimum Gasteiger partial charge on any atom is -0.300 e. The van der Waals surface area contributed by atoms with Crippen molar-refractivity contribution in [2.45, 2.75) is 32.1 Å². The first-order chi connectivity index (χ1) is 4.36. The lowest BCUT2D eigenvalue weighted by Gasteiger charge is -1.91. The van der Waals surface area contributed by atoms with Gasteiger partial charge < -0.3 is 0 Å². The molecule has 2 aliphatic rings. The van der Waals surface area contributed by atoms with E-state index in [0.717, 1.165) is 24.7 Å². The van der Waals surface area contributed by atoms with E-state index in [1.807, 2.05) is 0 Å². The Labute approximate surface area is 55.4 Å². The van der Waals surface area contributed by atoms with Crippen molar-refractivity contribution in [2.75, 3.05) is 0 Å². The van der Waals surface area contributed by atoms with Crippen LogP contribution in [0.3, 0.4) is 0 Å². The molecule has 1 nitrogen and oxygen atoms in total. The van der Waals surface area contributed by atoms with Gasteiger partial charge in [0.15, 0.2) is 0 Å². The minimum absolute atomic E-state index is 0.502. The molecular weight excluding hydrogens is 112 g/mol. The zero-order chi connectivity index (χ0) is 6.27. The SMILES string of the molecule is O=C1CCC2CC2CC1. The first kappa shape index (κ1) is 5.45. The second-order valence-electron chi connectivity index (χ2n) is 3.37. The Bertz CT molecular complexity index is 126. The third kappa shape index (κ3) is 1.00. The van der Waals surface area contributed by atoms with Gasteiger partial charge in [-0.3, -0.25) is 4.79 Å². The topological polar surface area (TPSA) is 17.1 Å². The molecule has 0 saturated heterocycles.